The molecule has 0 saturated carbocycles. The van der Waals surface area contributed by atoms with Gasteiger partial charge in [0.1, 0.15) is 0 Å². The van der Waals surface area contributed by atoms with E-state index in [0.29, 0.717) is 11.8 Å². The molecular weight excluding hydrogens is 242 g/mol. The van der Waals surface area contributed by atoms with E-state index < -0.39 is 0 Å². The predicted molar refractivity (Wildman–Crippen MR) is 79.6 cm³/mol. The molecule has 0 bridgehead atoms. The molecule has 1 aromatic rings. The van der Waals surface area contributed by atoms with Gasteiger partial charge in [-0.15, -0.1) is 0 Å². The zero-order valence-corrected chi connectivity index (χ0v) is 13.0. The molecule has 0 spiro atoms. The average molecular weight is 265 g/mol. The maximum Gasteiger partial charge on any atom is 0.285 e. The smallest absolute Gasteiger partial charge is 0.285 e. The zero-order valence-electron chi connectivity index (χ0n) is 12.2. The summed E-state index contributed by atoms with van der Waals surface area (Å²) in [6.45, 7) is 8.68. The summed E-state index contributed by atoms with van der Waals surface area (Å²) in [6, 6.07) is 6.35. The van der Waals surface area contributed by atoms with Crippen molar-refractivity contribution in [1.82, 2.24) is 4.90 Å². The van der Waals surface area contributed by atoms with E-state index in [0.717, 1.165) is 4.90 Å². The number of hydrogen-bond acceptors (Lipinski definition) is 2. The highest BCUT2D eigenvalue weighted by molar-refractivity contribution is 8.13. The Kier molecular flexibility index (Phi) is 5.27. The first-order valence-electron chi connectivity index (χ1n) is 6.36. The van der Waals surface area contributed by atoms with Gasteiger partial charge in [-0.1, -0.05) is 45.9 Å². The van der Waals surface area contributed by atoms with Crippen LogP contribution >= 0.6 is 11.8 Å². The van der Waals surface area contributed by atoms with Crippen LogP contribution in [0.15, 0.2) is 23.1 Å². The van der Waals surface area contributed by atoms with E-state index in [1.165, 1.54) is 22.9 Å². The third-order valence-corrected chi connectivity index (χ3v) is 4.09. The van der Waals surface area contributed by atoms with Crippen molar-refractivity contribution < 1.29 is 4.79 Å². The quantitative estimate of drug-likeness (QED) is 0.738. The molecule has 0 aromatic heterocycles. The molecule has 1 rings (SSSR count). The minimum absolute atomic E-state index is 0.0880. The van der Waals surface area contributed by atoms with Crippen molar-refractivity contribution in [3.63, 3.8) is 0 Å². The van der Waals surface area contributed by atoms with Gasteiger partial charge in [-0.3, -0.25) is 4.79 Å². The summed E-state index contributed by atoms with van der Waals surface area (Å²) in [4.78, 5) is 14.7. The lowest BCUT2D eigenvalue weighted by Gasteiger charge is -2.19. The van der Waals surface area contributed by atoms with E-state index in [4.69, 9.17) is 0 Å². The average Bonchev–Trinajstić information content (AvgIpc) is 2.28. The Morgan fingerprint density at radius 2 is 1.50 bits per heavy atom. The van der Waals surface area contributed by atoms with E-state index in [9.17, 15) is 4.79 Å². The van der Waals surface area contributed by atoms with Crippen LogP contribution in [0.3, 0.4) is 0 Å². The number of nitrogens with zero attached hydrogens (tertiary/aromatic N) is 1. The lowest BCUT2D eigenvalue weighted by molar-refractivity contribution is 0.241. The molecular formula is C15H23NOS. The van der Waals surface area contributed by atoms with Gasteiger partial charge in [0.2, 0.25) is 0 Å². The zero-order chi connectivity index (χ0) is 13.9. The topological polar surface area (TPSA) is 20.3 Å². The SMILES string of the molecule is CC(C)c1cccc(C(C)C)c1SC(=O)N(C)C. The highest BCUT2D eigenvalue weighted by Gasteiger charge is 2.17. The second-order valence-electron chi connectivity index (χ2n) is 5.34. The van der Waals surface area contributed by atoms with E-state index in [-0.39, 0.29) is 5.24 Å². The van der Waals surface area contributed by atoms with E-state index in [1.807, 2.05) is 0 Å². The fraction of sp³-hybridized carbons (Fsp3) is 0.533. The van der Waals surface area contributed by atoms with Gasteiger partial charge in [-0.2, -0.15) is 0 Å². The van der Waals surface area contributed by atoms with Crippen LogP contribution in [0.2, 0.25) is 0 Å². The van der Waals surface area contributed by atoms with Gasteiger partial charge in [0.15, 0.2) is 0 Å². The Bertz CT molecular complexity index is 398. The summed E-state index contributed by atoms with van der Waals surface area (Å²) in [5.41, 5.74) is 2.53. The number of thioether (sulfide) groups is 1. The highest BCUT2D eigenvalue weighted by atomic mass is 32.2. The lowest BCUT2D eigenvalue weighted by Crippen LogP contribution is -2.17. The van der Waals surface area contributed by atoms with Gasteiger partial charge in [0, 0.05) is 19.0 Å². The number of hydrogen-bond donors (Lipinski definition) is 0. The fourth-order valence-electron chi connectivity index (χ4n) is 1.78. The molecule has 2 nitrogen and oxygen atoms in total. The summed E-state index contributed by atoms with van der Waals surface area (Å²) in [6.07, 6.45) is 0. The van der Waals surface area contributed by atoms with Gasteiger partial charge < -0.3 is 4.90 Å². The molecule has 0 aliphatic heterocycles. The first-order chi connectivity index (χ1) is 8.34. The van der Waals surface area contributed by atoms with E-state index in [2.05, 4.69) is 45.9 Å². The molecule has 1 aromatic carbocycles. The van der Waals surface area contributed by atoms with Crippen molar-refractivity contribution in [2.75, 3.05) is 14.1 Å². The maximum absolute atomic E-state index is 12.0. The van der Waals surface area contributed by atoms with Crippen LogP contribution in [0.5, 0.6) is 0 Å². The monoisotopic (exact) mass is 265 g/mol. The first-order valence-corrected chi connectivity index (χ1v) is 7.18. The largest absolute Gasteiger partial charge is 0.339 e. The number of carbonyl (C=O) groups is 1. The number of carbonyl (C=O) groups excluding carboxylic acids is 1. The van der Waals surface area contributed by atoms with Crippen LogP contribution in [0.1, 0.15) is 50.7 Å². The number of benzene rings is 1. The van der Waals surface area contributed by atoms with Crippen molar-refractivity contribution in [2.45, 2.75) is 44.4 Å². The lowest BCUT2D eigenvalue weighted by atomic mass is 9.95. The molecule has 1 amide bonds. The van der Waals surface area contributed by atoms with Crippen LogP contribution < -0.4 is 0 Å². The van der Waals surface area contributed by atoms with Crippen LogP contribution in [0.25, 0.3) is 0 Å². The Morgan fingerprint density at radius 1 is 1.06 bits per heavy atom. The fourth-order valence-corrected chi connectivity index (χ4v) is 2.98. The van der Waals surface area contributed by atoms with Crippen molar-refractivity contribution in [3.05, 3.63) is 29.3 Å². The number of rotatable bonds is 3. The minimum atomic E-state index is 0.0880. The van der Waals surface area contributed by atoms with Gasteiger partial charge >= 0.3 is 0 Å². The molecule has 0 unspecified atom stereocenters. The predicted octanol–water partition coefficient (Wildman–Crippen LogP) is 4.71. The normalized spacial score (nSPS) is 11.1. The summed E-state index contributed by atoms with van der Waals surface area (Å²) in [5, 5.41) is 0.0880. The van der Waals surface area contributed by atoms with Crippen LogP contribution in [-0.4, -0.2) is 24.2 Å². The summed E-state index contributed by atoms with van der Waals surface area (Å²) >= 11 is 1.35. The molecule has 0 radical (unpaired) electrons. The Morgan fingerprint density at radius 3 is 1.83 bits per heavy atom. The van der Waals surface area contributed by atoms with Gasteiger partial charge in [0.05, 0.1) is 0 Å². The molecule has 18 heavy (non-hydrogen) atoms. The van der Waals surface area contributed by atoms with Crippen LogP contribution in [0, 0.1) is 0 Å². The third kappa shape index (κ3) is 3.52. The Hall–Kier alpha value is -0.960. The van der Waals surface area contributed by atoms with Gasteiger partial charge in [0.25, 0.3) is 5.24 Å². The summed E-state index contributed by atoms with van der Waals surface area (Å²) in [7, 11) is 3.59. The van der Waals surface area contributed by atoms with Crippen LogP contribution in [0.4, 0.5) is 4.79 Å². The first kappa shape index (κ1) is 15.1. The minimum Gasteiger partial charge on any atom is -0.339 e. The standard InChI is InChI=1S/C15H23NOS/c1-10(2)12-8-7-9-13(11(3)4)14(12)18-15(17)16(5)6/h7-11H,1-6H3. The molecule has 100 valence electrons. The molecule has 0 N–H and O–H groups in total. The number of amides is 1. The molecule has 3 heteroatoms. The summed E-state index contributed by atoms with van der Waals surface area (Å²) in [5.74, 6) is 0.863. The van der Waals surface area contributed by atoms with Crippen molar-refractivity contribution in [3.8, 4) is 0 Å². The van der Waals surface area contributed by atoms with Gasteiger partial charge in [-0.05, 0) is 34.7 Å². The second kappa shape index (κ2) is 6.28. The highest BCUT2D eigenvalue weighted by Crippen LogP contribution is 2.36. The maximum atomic E-state index is 12.0. The van der Waals surface area contributed by atoms with E-state index >= 15 is 0 Å². The third-order valence-electron chi connectivity index (χ3n) is 2.87. The van der Waals surface area contributed by atoms with Gasteiger partial charge in [-0.25, -0.2) is 0 Å². The molecule has 0 aliphatic carbocycles. The molecule has 0 aliphatic rings. The molecule has 0 atom stereocenters. The van der Waals surface area contributed by atoms with Crippen LogP contribution in [-0.2, 0) is 0 Å². The molecule has 0 heterocycles. The Balaban J connectivity index is 3.23. The molecule has 0 fully saturated rings. The van der Waals surface area contributed by atoms with Crippen molar-refractivity contribution in [2.24, 2.45) is 0 Å². The second-order valence-corrected chi connectivity index (χ2v) is 6.30. The van der Waals surface area contributed by atoms with Crippen molar-refractivity contribution in [1.29, 1.82) is 0 Å². The van der Waals surface area contributed by atoms with Crippen molar-refractivity contribution >= 4 is 17.0 Å². The van der Waals surface area contributed by atoms with E-state index in [1.54, 1.807) is 19.0 Å². The Labute approximate surface area is 115 Å². The molecule has 0 saturated heterocycles. The summed E-state index contributed by atoms with van der Waals surface area (Å²) < 4.78 is 0.